The van der Waals surface area contributed by atoms with Crippen LogP contribution in [0.5, 0.6) is 0 Å². The van der Waals surface area contributed by atoms with Crippen molar-refractivity contribution in [3.05, 3.63) is 28.2 Å². The molecule has 0 bridgehead atoms. The summed E-state index contributed by atoms with van der Waals surface area (Å²) < 4.78 is 1.02. The second kappa shape index (κ2) is 7.23. The summed E-state index contributed by atoms with van der Waals surface area (Å²) in [5, 5.41) is 0. The van der Waals surface area contributed by atoms with Crippen molar-refractivity contribution in [2.75, 3.05) is 31.1 Å². The quantitative estimate of drug-likeness (QED) is 0.856. The Kier molecular flexibility index (Phi) is 5.25. The summed E-state index contributed by atoms with van der Waals surface area (Å²) in [7, 11) is 0. The molecule has 0 aromatic heterocycles. The van der Waals surface area contributed by atoms with E-state index in [2.05, 4.69) is 15.9 Å². The lowest BCUT2D eigenvalue weighted by Gasteiger charge is -2.33. The SMILES string of the molecule is Cc1cc(N2CC(C(=O)N3CCC(CN)CC3)CC2=O)ccc1Br. The summed E-state index contributed by atoms with van der Waals surface area (Å²) in [5.41, 5.74) is 7.67. The van der Waals surface area contributed by atoms with Crippen molar-refractivity contribution in [3.63, 3.8) is 0 Å². The van der Waals surface area contributed by atoms with Crippen LogP contribution in [0.2, 0.25) is 0 Å². The standard InChI is InChI=1S/C18H24BrN3O2/c1-12-8-15(2-3-16(12)19)22-11-14(9-17(22)23)18(24)21-6-4-13(10-20)5-7-21/h2-3,8,13-14H,4-7,9-11,20H2,1H3. The minimum atomic E-state index is -0.226. The largest absolute Gasteiger partial charge is 0.342 e. The van der Waals surface area contributed by atoms with E-state index in [1.807, 2.05) is 30.0 Å². The third-order valence-electron chi connectivity index (χ3n) is 5.19. The van der Waals surface area contributed by atoms with Crippen molar-refractivity contribution >= 4 is 33.4 Å². The van der Waals surface area contributed by atoms with E-state index in [1.165, 1.54) is 0 Å². The van der Waals surface area contributed by atoms with Crippen molar-refractivity contribution in [2.45, 2.75) is 26.2 Å². The van der Waals surface area contributed by atoms with E-state index in [9.17, 15) is 9.59 Å². The molecule has 0 aliphatic carbocycles. The van der Waals surface area contributed by atoms with Crippen LogP contribution >= 0.6 is 15.9 Å². The molecule has 3 rings (SSSR count). The second-order valence-electron chi connectivity index (χ2n) is 6.84. The fraction of sp³-hybridized carbons (Fsp3) is 0.556. The van der Waals surface area contributed by atoms with E-state index in [0.717, 1.165) is 41.7 Å². The summed E-state index contributed by atoms with van der Waals surface area (Å²) in [4.78, 5) is 28.8. The smallest absolute Gasteiger partial charge is 0.228 e. The highest BCUT2D eigenvalue weighted by Gasteiger charge is 2.38. The molecule has 1 atom stereocenters. The monoisotopic (exact) mass is 393 g/mol. The molecule has 2 amide bonds. The molecule has 0 spiro atoms. The number of nitrogens with two attached hydrogens (primary N) is 1. The normalized spacial score (nSPS) is 22.3. The summed E-state index contributed by atoms with van der Waals surface area (Å²) >= 11 is 3.48. The first-order valence-electron chi connectivity index (χ1n) is 8.55. The van der Waals surface area contributed by atoms with Crippen LogP contribution < -0.4 is 10.6 Å². The Labute approximate surface area is 151 Å². The van der Waals surface area contributed by atoms with Crippen molar-refractivity contribution < 1.29 is 9.59 Å². The molecule has 2 aliphatic rings. The van der Waals surface area contributed by atoms with Crippen molar-refractivity contribution in [3.8, 4) is 0 Å². The molecular weight excluding hydrogens is 370 g/mol. The van der Waals surface area contributed by atoms with Gasteiger partial charge in [-0.2, -0.15) is 0 Å². The number of nitrogens with zero attached hydrogens (tertiary/aromatic N) is 2. The molecule has 2 fully saturated rings. The number of rotatable bonds is 3. The molecule has 2 aliphatic heterocycles. The predicted molar refractivity (Wildman–Crippen MR) is 97.7 cm³/mol. The highest BCUT2D eigenvalue weighted by molar-refractivity contribution is 9.10. The summed E-state index contributed by atoms with van der Waals surface area (Å²) in [6.45, 7) is 4.71. The van der Waals surface area contributed by atoms with E-state index in [1.54, 1.807) is 4.90 Å². The average Bonchev–Trinajstić information content (AvgIpc) is 2.98. The fourth-order valence-electron chi connectivity index (χ4n) is 3.57. The van der Waals surface area contributed by atoms with Crippen LogP contribution in [-0.2, 0) is 9.59 Å². The molecule has 0 saturated carbocycles. The van der Waals surface area contributed by atoms with Gasteiger partial charge in [-0.3, -0.25) is 9.59 Å². The molecule has 6 heteroatoms. The number of piperidine rings is 1. The highest BCUT2D eigenvalue weighted by Crippen LogP contribution is 2.30. The molecule has 2 N–H and O–H groups in total. The van der Waals surface area contributed by atoms with E-state index < -0.39 is 0 Å². The van der Waals surface area contributed by atoms with Crippen molar-refractivity contribution in [1.29, 1.82) is 0 Å². The molecule has 1 aromatic rings. The number of likely N-dealkylation sites (tertiary alicyclic amines) is 1. The van der Waals surface area contributed by atoms with Gasteiger partial charge in [0.1, 0.15) is 0 Å². The van der Waals surface area contributed by atoms with Crippen LogP contribution in [0.1, 0.15) is 24.8 Å². The number of aryl methyl sites for hydroxylation is 1. The minimum absolute atomic E-state index is 0.0342. The van der Waals surface area contributed by atoms with E-state index in [4.69, 9.17) is 5.73 Å². The molecule has 1 aromatic carbocycles. The Balaban J connectivity index is 1.66. The zero-order valence-electron chi connectivity index (χ0n) is 14.0. The van der Waals surface area contributed by atoms with Crippen LogP contribution in [0.3, 0.4) is 0 Å². The first-order chi connectivity index (χ1) is 11.5. The molecule has 0 radical (unpaired) electrons. The number of anilines is 1. The Morgan fingerprint density at radius 2 is 2.04 bits per heavy atom. The third kappa shape index (κ3) is 3.49. The maximum Gasteiger partial charge on any atom is 0.228 e. The van der Waals surface area contributed by atoms with E-state index in [-0.39, 0.29) is 17.7 Å². The number of hydrogen-bond acceptors (Lipinski definition) is 3. The second-order valence-corrected chi connectivity index (χ2v) is 7.70. The van der Waals surface area contributed by atoms with Gasteiger partial charge in [-0.15, -0.1) is 0 Å². The number of halogens is 1. The molecule has 5 nitrogen and oxygen atoms in total. The minimum Gasteiger partial charge on any atom is -0.342 e. The Morgan fingerprint density at radius 3 is 2.67 bits per heavy atom. The van der Waals surface area contributed by atoms with Crippen LogP contribution in [0.15, 0.2) is 22.7 Å². The lowest BCUT2D eigenvalue weighted by molar-refractivity contribution is -0.137. The van der Waals surface area contributed by atoms with Gasteiger partial charge in [-0.25, -0.2) is 0 Å². The van der Waals surface area contributed by atoms with Gasteiger partial charge in [0.2, 0.25) is 11.8 Å². The van der Waals surface area contributed by atoms with E-state index in [0.29, 0.717) is 25.4 Å². The van der Waals surface area contributed by atoms with Gasteiger partial charge < -0.3 is 15.5 Å². The van der Waals surface area contributed by atoms with Gasteiger partial charge in [0.15, 0.2) is 0 Å². The topological polar surface area (TPSA) is 66.6 Å². The first kappa shape index (κ1) is 17.4. The first-order valence-corrected chi connectivity index (χ1v) is 9.34. The number of amides is 2. The Hall–Kier alpha value is -1.40. The zero-order valence-corrected chi connectivity index (χ0v) is 15.6. The van der Waals surface area contributed by atoms with Gasteiger partial charge in [0.25, 0.3) is 0 Å². The van der Waals surface area contributed by atoms with Crippen LogP contribution in [0, 0.1) is 18.8 Å². The zero-order chi connectivity index (χ0) is 17.3. The fourth-order valence-corrected chi connectivity index (χ4v) is 3.81. The summed E-state index contributed by atoms with van der Waals surface area (Å²) in [6, 6.07) is 5.86. The van der Waals surface area contributed by atoms with Crippen molar-refractivity contribution in [1.82, 2.24) is 4.90 Å². The highest BCUT2D eigenvalue weighted by atomic mass is 79.9. The van der Waals surface area contributed by atoms with Gasteiger partial charge in [0.05, 0.1) is 5.92 Å². The molecule has 130 valence electrons. The Morgan fingerprint density at radius 1 is 1.33 bits per heavy atom. The van der Waals surface area contributed by atoms with Gasteiger partial charge in [-0.05, 0) is 56.0 Å². The van der Waals surface area contributed by atoms with Crippen molar-refractivity contribution in [2.24, 2.45) is 17.6 Å². The third-order valence-corrected chi connectivity index (χ3v) is 6.08. The Bertz CT molecular complexity index is 641. The molecule has 2 saturated heterocycles. The van der Waals surface area contributed by atoms with Crippen LogP contribution in [-0.4, -0.2) is 42.9 Å². The maximum absolute atomic E-state index is 12.7. The summed E-state index contributed by atoms with van der Waals surface area (Å²) in [6.07, 6.45) is 2.25. The predicted octanol–water partition coefficient (Wildman–Crippen LogP) is 2.31. The van der Waals surface area contributed by atoms with Crippen LogP contribution in [0.4, 0.5) is 5.69 Å². The average molecular weight is 394 g/mol. The van der Waals surface area contributed by atoms with Gasteiger partial charge in [0, 0.05) is 36.2 Å². The number of benzene rings is 1. The molecular formula is C18H24BrN3O2. The summed E-state index contributed by atoms with van der Waals surface area (Å²) in [5.74, 6) is 0.458. The lowest BCUT2D eigenvalue weighted by Crippen LogP contribution is -2.43. The lowest BCUT2D eigenvalue weighted by atomic mass is 9.95. The maximum atomic E-state index is 12.7. The molecule has 24 heavy (non-hydrogen) atoms. The van der Waals surface area contributed by atoms with Crippen LogP contribution in [0.25, 0.3) is 0 Å². The number of carbonyl (C=O) groups excluding carboxylic acids is 2. The van der Waals surface area contributed by atoms with Gasteiger partial charge >= 0.3 is 0 Å². The molecule has 2 heterocycles. The van der Waals surface area contributed by atoms with E-state index >= 15 is 0 Å². The molecule has 1 unspecified atom stereocenters. The van der Waals surface area contributed by atoms with Gasteiger partial charge in [-0.1, -0.05) is 15.9 Å². The number of hydrogen-bond donors (Lipinski definition) is 1. The number of carbonyl (C=O) groups is 2.